The van der Waals surface area contributed by atoms with Crippen LogP contribution in [0.25, 0.3) is 0 Å². The van der Waals surface area contributed by atoms with Crippen molar-refractivity contribution < 1.29 is 18.0 Å². The average Bonchev–Trinajstić information content (AvgIpc) is 2.89. The Bertz CT molecular complexity index is 737. The standard InChI is InChI=1S/C19H29N3O4S/c1-15(2)21-27(25,26)17-9-7-16(8-10-17)11-12-20-18(23)19(24)22-13-5-3-4-6-14-22/h7-10,15,21H,3-6,11-14H2,1-2H3,(H,20,23). The van der Waals surface area contributed by atoms with Gasteiger partial charge in [0.15, 0.2) is 0 Å². The molecular formula is C19H29N3O4S. The van der Waals surface area contributed by atoms with Crippen LogP contribution in [0.4, 0.5) is 0 Å². The first-order valence-electron chi connectivity index (χ1n) is 9.48. The smallest absolute Gasteiger partial charge is 0.311 e. The van der Waals surface area contributed by atoms with E-state index in [1.165, 1.54) is 0 Å². The van der Waals surface area contributed by atoms with Crippen molar-refractivity contribution in [1.82, 2.24) is 14.9 Å². The molecule has 7 nitrogen and oxygen atoms in total. The van der Waals surface area contributed by atoms with E-state index in [2.05, 4.69) is 10.0 Å². The van der Waals surface area contributed by atoms with E-state index >= 15 is 0 Å². The van der Waals surface area contributed by atoms with Crippen molar-refractivity contribution in [2.75, 3.05) is 19.6 Å². The molecule has 1 fully saturated rings. The minimum absolute atomic E-state index is 0.174. The van der Waals surface area contributed by atoms with Crippen molar-refractivity contribution in [3.05, 3.63) is 29.8 Å². The van der Waals surface area contributed by atoms with Gasteiger partial charge in [-0.25, -0.2) is 13.1 Å². The molecule has 0 atom stereocenters. The second-order valence-corrected chi connectivity index (χ2v) is 8.85. The molecule has 1 heterocycles. The minimum Gasteiger partial charge on any atom is -0.347 e. The Labute approximate surface area is 161 Å². The molecule has 8 heteroatoms. The van der Waals surface area contributed by atoms with E-state index in [9.17, 15) is 18.0 Å². The highest BCUT2D eigenvalue weighted by Gasteiger charge is 2.22. The first-order chi connectivity index (χ1) is 12.8. The molecule has 1 aromatic carbocycles. The maximum atomic E-state index is 12.2. The molecule has 1 aliphatic rings. The van der Waals surface area contributed by atoms with Gasteiger partial charge in [0.1, 0.15) is 0 Å². The van der Waals surface area contributed by atoms with E-state index in [1.807, 2.05) is 0 Å². The lowest BCUT2D eigenvalue weighted by molar-refractivity contribution is -0.145. The van der Waals surface area contributed by atoms with E-state index in [-0.39, 0.29) is 10.9 Å². The summed E-state index contributed by atoms with van der Waals surface area (Å²) in [7, 11) is -3.51. The van der Waals surface area contributed by atoms with Crippen LogP contribution >= 0.6 is 0 Å². The van der Waals surface area contributed by atoms with Crippen molar-refractivity contribution in [2.45, 2.75) is 56.9 Å². The Morgan fingerprint density at radius 2 is 1.63 bits per heavy atom. The van der Waals surface area contributed by atoms with Gasteiger partial charge < -0.3 is 10.2 Å². The number of rotatable bonds is 6. The van der Waals surface area contributed by atoms with Crippen LogP contribution in [-0.2, 0) is 26.0 Å². The van der Waals surface area contributed by atoms with E-state index in [4.69, 9.17) is 0 Å². The molecule has 0 unspecified atom stereocenters. The van der Waals surface area contributed by atoms with Crippen LogP contribution in [0, 0.1) is 0 Å². The molecule has 2 N–H and O–H groups in total. The lowest BCUT2D eigenvalue weighted by Gasteiger charge is -2.19. The Hall–Kier alpha value is -1.93. The highest BCUT2D eigenvalue weighted by Crippen LogP contribution is 2.12. The van der Waals surface area contributed by atoms with Crippen molar-refractivity contribution in [3.63, 3.8) is 0 Å². The molecule has 0 radical (unpaired) electrons. The van der Waals surface area contributed by atoms with Gasteiger partial charge >= 0.3 is 11.8 Å². The number of carbonyl (C=O) groups excluding carboxylic acids is 2. The first-order valence-corrected chi connectivity index (χ1v) is 11.0. The predicted octanol–water partition coefficient (Wildman–Crippen LogP) is 1.43. The Morgan fingerprint density at radius 1 is 1.04 bits per heavy atom. The van der Waals surface area contributed by atoms with Crippen LogP contribution in [0.2, 0.25) is 0 Å². The third-order valence-electron chi connectivity index (χ3n) is 4.41. The summed E-state index contributed by atoms with van der Waals surface area (Å²) in [6, 6.07) is 6.36. The normalized spacial score (nSPS) is 15.4. The van der Waals surface area contributed by atoms with Gasteiger partial charge in [-0.3, -0.25) is 9.59 Å². The van der Waals surface area contributed by atoms with Crippen molar-refractivity contribution >= 4 is 21.8 Å². The topological polar surface area (TPSA) is 95.6 Å². The van der Waals surface area contributed by atoms with E-state index in [1.54, 1.807) is 43.0 Å². The molecule has 1 aliphatic heterocycles. The van der Waals surface area contributed by atoms with Crippen molar-refractivity contribution in [3.8, 4) is 0 Å². The van der Waals surface area contributed by atoms with Gasteiger partial charge in [-0.2, -0.15) is 0 Å². The fourth-order valence-corrected chi connectivity index (χ4v) is 4.28. The summed E-state index contributed by atoms with van der Waals surface area (Å²) in [5.41, 5.74) is 0.890. The number of nitrogens with one attached hydrogen (secondary N) is 2. The van der Waals surface area contributed by atoms with Gasteiger partial charge in [0.05, 0.1) is 4.90 Å². The summed E-state index contributed by atoms with van der Waals surface area (Å²) in [5.74, 6) is -1.03. The molecule has 2 rings (SSSR count). The molecule has 0 aliphatic carbocycles. The molecule has 0 bridgehead atoms. The number of hydrogen-bond acceptors (Lipinski definition) is 4. The molecule has 0 aromatic heterocycles. The second-order valence-electron chi connectivity index (χ2n) is 7.13. The SMILES string of the molecule is CC(C)NS(=O)(=O)c1ccc(CCNC(=O)C(=O)N2CCCCCC2)cc1. The molecular weight excluding hydrogens is 366 g/mol. The van der Waals surface area contributed by atoms with Crippen LogP contribution in [-0.4, -0.2) is 50.8 Å². The maximum Gasteiger partial charge on any atom is 0.311 e. The number of amides is 2. The van der Waals surface area contributed by atoms with Gasteiger partial charge in [0.25, 0.3) is 0 Å². The zero-order valence-electron chi connectivity index (χ0n) is 16.0. The summed E-state index contributed by atoms with van der Waals surface area (Å²) < 4.78 is 26.7. The Kier molecular flexibility index (Phi) is 7.79. The summed E-state index contributed by atoms with van der Waals surface area (Å²) in [6.45, 7) is 5.15. The number of carbonyl (C=O) groups is 2. The lowest BCUT2D eigenvalue weighted by Crippen LogP contribution is -2.43. The summed E-state index contributed by atoms with van der Waals surface area (Å²) >= 11 is 0. The van der Waals surface area contributed by atoms with Gasteiger partial charge in [0, 0.05) is 25.7 Å². The largest absolute Gasteiger partial charge is 0.347 e. The molecule has 1 saturated heterocycles. The zero-order chi connectivity index (χ0) is 19.9. The maximum absolute atomic E-state index is 12.2. The summed E-state index contributed by atoms with van der Waals surface area (Å²) in [4.78, 5) is 26.1. The van der Waals surface area contributed by atoms with E-state index < -0.39 is 21.8 Å². The van der Waals surface area contributed by atoms with Crippen molar-refractivity contribution in [2.24, 2.45) is 0 Å². The van der Waals surface area contributed by atoms with Crippen LogP contribution in [0.3, 0.4) is 0 Å². The van der Waals surface area contributed by atoms with E-state index in [0.29, 0.717) is 26.1 Å². The quantitative estimate of drug-likeness (QED) is 0.713. The van der Waals surface area contributed by atoms with Gasteiger partial charge in [-0.15, -0.1) is 0 Å². The van der Waals surface area contributed by atoms with Crippen LogP contribution in [0.1, 0.15) is 45.1 Å². The molecule has 27 heavy (non-hydrogen) atoms. The molecule has 150 valence electrons. The van der Waals surface area contributed by atoms with Gasteiger partial charge in [-0.05, 0) is 50.8 Å². The second kappa shape index (κ2) is 9.85. The summed E-state index contributed by atoms with van der Waals surface area (Å²) in [6.07, 6.45) is 4.62. The summed E-state index contributed by atoms with van der Waals surface area (Å²) in [5, 5.41) is 2.66. The zero-order valence-corrected chi connectivity index (χ0v) is 16.8. The molecule has 1 aromatic rings. The molecule has 0 saturated carbocycles. The number of benzene rings is 1. The van der Waals surface area contributed by atoms with Crippen LogP contribution in [0.5, 0.6) is 0 Å². The lowest BCUT2D eigenvalue weighted by atomic mass is 10.1. The fourth-order valence-electron chi connectivity index (χ4n) is 3.03. The highest BCUT2D eigenvalue weighted by molar-refractivity contribution is 7.89. The van der Waals surface area contributed by atoms with Crippen molar-refractivity contribution in [1.29, 1.82) is 0 Å². The highest BCUT2D eigenvalue weighted by atomic mass is 32.2. The number of sulfonamides is 1. The van der Waals surface area contributed by atoms with Gasteiger partial charge in [0.2, 0.25) is 10.0 Å². The van der Waals surface area contributed by atoms with E-state index in [0.717, 1.165) is 31.2 Å². The minimum atomic E-state index is -3.51. The number of nitrogens with zero attached hydrogens (tertiary/aromatic N) is 1. The Morgan fingerprint density at radius 3 is 2.19 bits per heavy atom. The Balaban J connectivity index is 1.82. The van der Waals surface area contributed by atoms with Crippen LogP contribution < -0.4 is 10.0 Å². The van der Waals surface area contributed by atoms with Crippen LogP contribution in [0.15, 0.2) is 29.2 Å². The number of likely N-dealkylation sites (tertiary alicyclic amines) is 1. The fraction of sp³-hybridized carbons (Fsp3) is 0.579. The first kappa shape index (κ1) is 21.4. The average molecular weight is 396 g/mol. The predicted molar refractivity (Wildman–Crippen MR) is 104 cm³/mol. The molecule has 2 amide bonds. The number of hydrogen-bond donors (Lipinski definition) is 2. The van der Waals surface area contributed by atoms with Gasteiger partial charge in [-0.1, -0.05) is 25.0 Å². The monoisotopic (exact) mass is 395 g/mol. The third kappa shape index (κ3) is 6.62. The molecule has 0 spiro atoms. The third-order valence-corrected chi connectivity index (χ3v) is 6.09.